The summed E-state index contributed by atoms with van der Waals surface area (Å²) >= 11 is 0. The van der Waals surface area contributed by atoms with Crippen molar-refractivity contribution < 1.29 is 27.4 Å². The molecule has 2 aromatic rings. The second-order valence-corrected chi connectivity index (χ2v) is 6.69. The largest absolute Gasteiger partial charge is 0.573 e. The maximum Gasteiger partial charge on any atom is 0.573 e. The van der Waals surface area contributed by atoms with Crippen LogP contribution in [0.1, 0.15) is 40.1 Å². The molecule has 9 heteroatoms. The average molecular weight is 393 g/mol. The highest BCUT2D eigenvalue weighted by atomic mass is 19.4. The molecule has 0 bridgehead atoms. The molecule has 1 amide bonds. The van der Waals surface area contributed by atoms with Gasteiger partial charge in [0.15, 0.2) is 0 Å². The second-order valence-electron chi connectivity index (χ2n) is 6.69. The summed E-state index contributed by atoms with van der Waals surface area (Å²) in [6, 6.07) is 9.14. The number of anilines is 1. The van der Waals surface area contributed by atoms with Gasteiger partial charge in [0.05, 0.1) is 18.4 Å². The maximum atomic E-state index is 12.7. The number of hydrogen-bond donors (Lipinski definition) is 2. The van der Waals surface area contributed by atoms with Gasteiger partial charge in [-0.3, -0.25) is 4.79 Å². The molecule has 2 aliphatic heterocycles. The van der Waals surface area contributed by atoms with Gasteiger partial charge in [-0.25, -0.2) is 0 Å². The highest BCUT2D eigenvalue weighted by Crippen LogP contribution is 2.44. The fraction of sp³-hybridized carbons (Fsp3) is 0.316. The van der Waals surface area contributed by atoms with Crippen molar-refractivity contribution in [3.8, 4) is 11.5 Å². The van der Waals surface area contributed by atoms with Crippen LogP contribution in [-0.2, 0) is 0 Å². The van der Waals surface area contributed by atoms with Crippen molar-refractivity contribution in [1.82, 2.24) is 5.32 Å². The van der Waals surface area contributed by atoms with E-state index in [0.717, 1.165) is 11.6 Å². The van der Waals surface area contributed by atoms with Gasteiger partial charge in [0.25, 0.3) is 5.91 Å². The van der Waals surface area contributed by atoms with Crippen molar-refractivity contribution in [2.45, 2.75) is 25.0 Å². The molecule has 28 heavy (non-hydrogen) atoms. The first-order valence-corrected chi connectivity index (χ1v) is 8.67. The van der Waals surface area contributed by atoms with Crippen LogP contribution in [0.15, 0.2) is 36.4 Å². The van der Waals surface area contributed by atoms with Crippen LogP contribution in [0.3, 0.4) is 0 Å². The van der Waals surface area contributed by atoms with Gasteiger partial charge < -0.3 is 25.4 Å². The second kappa shape index (κ2) is 6.59. The molecule has 4 rings (SSSR count). The number of amides is 1. The highest BCUT2D eigenvalue weighted by Gasteiger charge is 2.39. The lowest BCUT2D eigenvalue weighted by Crippen LogP contribution is -2.49. The number of ether oxygens (including phenoxy) is 2. The van der Waals surface area contributed by atoms with Gasteiger partial charge in [-0.15, -0.1) is 13.2 Å². The lowest BCUT2D eigenvalue weighted by molar-refractivity contribution is -0.274. The molecule has 0 radical (unpaired) electrons. The number of alkyl halides is 3. The molecule has 0 fully saturated rings. The van der Waals surface area contributed by atoms with Crippen LogP contribution in [0.5, 0.6) is 11.5 Å². The summed E-state index contributed by atoms with van der Waals surface area (Å²) in [4.78, 5) is 14.7. The third kappa shape index (κ3) is 3.22. The third-order valence-electron chi connectivity index (χ3n) is 4.97. The Labute approximate surface area is 159 Å². The molecule has 2 heterocycles. The number of hydrogen-bond acceptors (Lipinski definition) is 5. The Morgan fingerprint density at radius 3 is 2.54 bits per heavy atom. The maximum absolute atomic E-state index is 12.7. The molecule has 2 aromatic carbocycles. The van der Waals surface area contributed by atoms with E-state index in [-0.39, 0.29) is 5.56 Å². The number of nitrogens with two attached hydrogens (primary N) is 1. The van der Waals surface area contributed by atoms with E-state index in [1.807, 2.05) is 17.0 Å². The van der Waals surface area contributed by atoms with E-state index in [1.165, 1.54) is 6.07 Å². The zero-order valence-corrected chi connectivity index (χ0v) is 14.9. The van der Waals surface area contributed by atoms with E-state index in [2.05, 4.69) is 10.1 Å². The van der Waals surface area contributed by atoms with Gasteiger partial charge in [0.1, 0.15) is 17.7 Å². The lowest BCUT2D eigenvalue weighted by atomic mass is 9.90. The molecule has 3 N–H and O–H groups in total. The first kappa shape index (κ1) is 18.4. The van der Waals surface area contributed by atoms with Crippen molar-refractivity contribution in [1.29, 1.82) is 0 Å². The third-order valence-corrected chi connectivity index (χ3v) is 4.97. The van der Waals surface area contributed by atoms with Crippen LogP contribution in [0.25, 0.3) is 0 Å². The van der Waals surface area contributed by atoms with E-state index in [4.69, 9.17) is 10.5 Å². The SMILES string of the molecule is COc1ccc([C@@H]2NC(=O)c3cc(OC(F)(F)F)cc4c3N2CC[C@H]4N)cc1. The average Bonchev–Trinajstić information content (AvgIpc) is 2.65. The number of halogens is 3. The summed E-state index contributed by atoms with van der Waals surface area (Å²) in [6.45, 7) is 0.553. The number of methoxy groups -OCH3 is 1. The molecular formula is C19H18F3N3O3. The summed E-state index contributed by atoms with van der Waals surface area (Å²) in [6.07, 6.45) is -4.77. The molecule has 0 spiro atoms. The Hall–Kier alpha value is -2.94. The highest BCUT2D eigenvalue weighted by molar-refractivity contribution is 6.03. The van der Waals surface area contributed by atoms with Crippen LogP contribution in [-0.4, -0.2) is 25.9 Å². The molecule has 0 unspecified atom stereocenters. The number of nitrogens with zero attached hydrogens (tertiary/aromatic N) is 1. The fourth-order valence-electron chi connectivity index (χ4n) is 3.73. The minimum Gasteiger partial charge on any atom is -0.497 e. The van der Waals surface area contributed by atoms with Crippen LogP contribution < -0.4 is 25.4 Å². The minimum atomic E-state index is -4.85. The topological polar surface area (TPSA) is 76.8 Å². The van der Waals surface area contributed by atoms with Crippen LogP contribution in [0.4, 0.5) is 18.9 Å². The van der Waals surface area contributed by atoms with E-state index in [9.17, 15) is 18.0 Å². The number of carbonyl (C=O) groups is 1. The first-order valence-electron chi connectivity index (χ1n) is 8.67. The van der Waals surface area contributed by atoms with Crippen LogP contribution in [0.2, 0.25) is 0 Å². The van der Waals surface area contributed by atoms with Gasteiger partial charge in [-0.05, 0) is 41.8 Å². The number of carbonyl (C=O) groups excluding carboxylic acids is 1. The molecule has 0 aromatic heterocycles. The van der Waals surface area contributed by atoms with E-state index in [0.29, 0.717) is 30.0 Å². The van der Waals surface area contributed by atoms with E-state index in [1.54, 1.807) is 19.2 Å². The molecule has 0 saturated carbocycles. The molecule has 148 valence electrons. The Bertz CT molecular complexity index is 915. The molecule has 0 aliphatic carbocycles. The van der Waals surface area contributed by atoms with Crippen molar-refractivity contribution in [3.63, 3.8) is 0 Å². The Morgan fingerprint density at radius 1 is 1.18 bits per heavy atom. The van der Waals surface area contributed by atoms with E-state index >= 15 is 0 Å². The summed E-state index contributed by atoms with van der Waals surface area (Å²) in [5.41, 5.74) is 8.12. The van der Waals surface area contributed by atoms with Crippen LogP contribution >= 0.6 is 0 Å². The van der Waals surface area contributed by atoms with Gasteiger partial charge in [0, 0.05) is 12.6 Å². The predicted octanol–water partition coefficient (Wildman–Crippen LogP) is 3.25. The lowest BCUT2D eigenvalue weighted by Gasteiger charge is -2.44. The summed E-state index contributed by atoms with van der Waals surface area (Å²) < 4.78 is 47.2. The summed E-state index contributed by atoms with van der Waals surface area (Å²) in [7, 11) is 1.56. The standard InChI is InChI=1S/C19H18F3N3O3/c1-27-11-4-2-10(3-5-11)17-24-18(26)14-9-12(28-19(20,21)22)8-13-15(23)6-7-25(17)16(13)14/h2-5,8-9,15,17H,6-7,23H2,1H3,(H,24,26)/t15-,17-/m1/s1. The van der Waals surface area contributed by atoms with Crippen molar-refractivity contribution in [2.75, 3.05) is 18.6 Å². The Morgan fingerprint density at radius 2 is 1.89 bits per heavy atom. The zero-order valence-electron chi connectivity index (χ0n) is 14.9. The van der Waals surface area contributed by atoms with Crippen molar-refractivity contribution >= 4 is 11.6 Å². The Balaban J connectivity index is 1.78. The molecular weight excluding hydrogens is 375 g/mol. The zero-order chi connectivity index (χ0) is 20.1. The minimum absolute atomic E-state index is 0.122. The van der Waals surface area contributed by atoms with Crippen molar-refractivity contribution in [3.05, 3.63) is 53.1 Å². The van der Waals surface area contributed by atoms with Gasteiger partial charge in [-0.1, -0.05) is 12.1 Å². The predicted molar refractivity (Wildman–Crippen MR) is 95.2 cm³/mol. The monoisotopic (exact) mass is 393 g/mol. The van der Waals surface area contributed by atoms with Crippen LogP contribution in [0, 0.1) is 0 Å². The van der Waals surface area contributed by atoms with E-state index < -0.39 is 30.2 Å². The Kier molecular flexibility index (Phi) is 4.34. The summed E-state index contributed by atoms with van der Waals surface area (Å²) in [5.74, 6) is -0.242. The van der Waals surface area contributed by atoms with Crippen molar-refractivity contribution in [2.24, 2.45) is 5.73 Å². The normalized spacial score (nSPS) is 21.0. The molecule has 6 nitrogen and oxygen atoms in total. The molecule has 2 aliphatic rings. The van der Waals surface area contributed by atoms with Gasteiger partial charge in [0.2, 0.25) is 0 Å². The summed E-state index contributed by atoms with van der Waals surface area (Å²) in [5, 5.41) is 2.86. The number of benzene rings is 2. The quantitative estimate of drug-likeness (QED) is 0.837. The molecule has 0 saturated heterocycles. The first-order chi connectivity index (χ1) is 13.3. The molecule has 2 atom stereocenters. The van der Waals surface area contributed by atoms with Gasteiger partial charge >= 0.3 is 6.36 Å². The fourth-order valence-corrected chi connectivity index (χ4v) is 3.73. The van der Waals surface area contributed by atoms with Gasteiger partial charge in [-0.2, -0.15) is 0 Å². The smallest absolute Gasteiger partial charge is 0.497 e. The number of rotatable bonds is 3. The number of nitrogens with one attached hydrogen (secondary N) is 1.